The van der Waals surface area contributed by atoms with Crippen molar-refractivity contribution in [2.75, 3.05) is 39.3 Å². The minimum Gasteiger partial charge on any atom is -0.329 e. The predicted octanol–water partition coefficient (Wildman–Crippen LogP) is 2.41. The highest BCUT2D eigenvalue weighted by Crippen LogP contribution is 2.40. The summed E-state index contributed by atoms with van der Waals surface area (Å²) in [5, 5.41) is 0. The van der Waals surface area contributed by atoms with Crippen LogP contribution in [0.4, 0.5) is 0 Å². The molecule has 0 bridgehead atoms. The zero-order chi connectivity index (χ0) is 14.8. The van der Waals surface area contributed by atoms with Gasteiger partial charge in [0.25, 0.3) is 0 Å². The van der Waals surface area contributed by atoms with Crippen molar-refractivity contribution in [2.45, 2.75) is 52.5 Å². The summed E-state index contributed by atoms with van der Waals surface area (Å²) >= 11 is 0. The molecule has 3 heteroatoms. The van der Waals surface area contributed by atoms with Crippen molar-refractivity contribution >= 4 is 0 Å². The molecule has 1 saturated carbocycles. The average molecular weight is 281 g/mol. The molecule has 2 fully saturated rings. The van der Waals surface area contributed by atoms with E-state index in [9.17, 15) is 0 Å². The molecule has 0 radical (unpaired) electrons. The smallest absolute Gasteiger partial charge is 0.0358 e. The number of hydrogen-bond acceptors (Lipinski definition) is 3. The maximum absolute atomic E-state index is 6.27. The summed E-state index contributed by atoms with van der Waals surface area (Å²) in [6.45, 7) is 16.4. The van der Waals surface area contributed by atoms with Crippen LogP contribution in [0.3, 0.4) is 0 Å². The van der Waals surface area contributed by atoms with Gasteiger partial charge in [-0.2, -0.15) is 0 Å². The van der Waals surface area contributed by atoms with E-state index in [1.165, 1.54) is 52.0 Å². The number of nitrogens with two attached hydrogens (primary N) is 1. The van der Waals surface area contributed by atoms with Crippen LogP contribution in [0.5, 0.6) is 0 Å². The quantitative estimate of drug-likeness (QED) is 0.859. The summed E-state index contributed by atoms with van der Waals surface area (Å²) in [5.41, 5.74) is 6.55. The summed E-state index contributed by atoms with van der Waals surface area (Å²) in [6.07, 6.45) is 4.01. The minimum absolute atomic E-state index is 0.288. The van der Waals surface area contributed by atoms with Crippen molar-refractivity contribution in [3.05, 3.63) is 0 Å². The van der Waals surface area contributed by atoms with Crippen LogP contribution < -0.4 is 5.73 Å². The lowest BCUT2D eigenvalue weighted by molar-refractivity contribution is -0.0302. The lowest BCUT2D eigenvalue weighted by Gasteiger charge is -2.54. The first kappa shape index (κ1) is 16.3. The Bertz CT molecular complexity index is 297. The molecule has 2 rings (SSSR count). The molecule has 1 heterocycles. The van der Waals surface area contributed by atoms with E-state index >= 15 is 0 Å². The first-order chi connectivity index (χ1) is 9.48. The monoisotopic (exact) mass is 281 g/mol. The summed E-state index contributed by atoms with van der Waals surface area (Å²) in [4.78, 5) is 5.36. The molecule has 0 aromatic heterocycles. The third kappa shape index (κ3) is 3.37. The van der Waals surface area contributed by atoms with Crippen molar-refractivity contribution in [2.24, 2.45) is 23.5 Å². The van der Waals surface area contributed by atoms with E-state index in [-0.39, 0.29) is 5.54 Å². The van der Waals surface area contributed by atoms with Gasteiger partial charge >= 0.3 is 0 Å². The van der Waals surface area contributed by atoms with Crippen LogP contribution in [0.2, 0.25) is 0 Å². The molecule has 1 aliphatic carbocycles. The second-order valence-corrected chi connectivity index (χ2v) is 7.77. The van der Waals surface area contributed by atoms with E-state index in [2.05, 4.69) is 37.5 Å². The van der Waals surface area contributed by atoms with E-state index in [1.54, 1.807) is 0 Å². The van der Waals surface area contributed by atoms with Crippen LogP contribution in [0.1, 0.15) is 47.0 Å². The fraction of sp³-hybridized carbons (Fsp3) is 1.00. The van der Waals surface area contributed by atoms with Crippen molar-refractivity contribution in [1.29, 1.82) is 0 Å². The van der Waals surface area contributed by atoms with Crippen LogP contribution in [0, 0.1) is 17.8 Å². The van der Waals surface area contributed by atoms with E-state index in [1.807, 2.05) is 0 Å². The molecule has 2 N–H and O–H groups in total. The largest absolute Gasteiger partial charge is 0.329 e. The zero-order valence-corrected chi connectivity index (χ0v) is 14.1. The highest BCUT2D eigenvalue weighted by molar-refractivity contribution is 5.00. The maximum Gasteiger partial charge on any atom is 0.0358 e. The molecule has 3 atom stereocenters. The Balaban J connectivity index is 1.96. The van der Waals surface area contributed by atoms with Gasteiger partial charge in [0, 0.05) is 44.8 Å². The van der Waals surface area contributed by atoms with Gasteiger partial charge in [-0.25, -0.2) is 0 Å². The highest BCUT2D eigenvalue weighted by Gasteiger charge is 2.44. The summed E-state index contributed by atoms with van der Waals surface area (Å²) in [5.74, 6) is 2.40. The third-order valence-corrected chi connectivity index (χ3v) is 5.72. The van der Waals surface area contributed by atoms with Crippen molar-refractivity contribution < 1.29 is 0 Å². The van der Waals surface area contributed by atoms with E-state index in [4.69, 9.17) is 5.73 Å². The Labute approximate surface area is 125 Å². The molecule has 1 aliphatic heterocycles. The molecule has 20 heavy (non-hydrogen) atoms. The molecule has 0 spiro atoms. The van der Waals surface area contributed by atoms with Gasteiger partial charge in [-0.05, 0) is 37.0 Å². The van der Waals surface area contributed by atoms with Crippen LogP contribution in [0.15, 0.2) is 0 Å². The molecule has 0 aromatic carbocycles. The summed E-state index contributed by atoms with van der Waals surface area (Å²) < 4.78 is 0. The van der Waals surface area contributed by atoms with Crippen molar-refractivity contribution in [3.8, 4) is 0 Å². The lowest BCUT2D eigenvalue weighted by atomic mass is 9.68. The SMILES string of the molecule is CC(C)CN1CCN(C2(CN)CCC(C)CC2C)CC1. The van der Waals surface area contributed by atoms with Gasteiger partial charge < -0.3 is 10.6 Å². The maximum atomic E-state index is 6.27. The Kier molecular flexibility index (Phi) is 5.49. The predicted molar refractivity (Wildman–Crippen MR) is 86.8 cm³/mol. The Morgan fingerprint density at radius 1 is 1.15 bits per heavy atom. The Morgan fingerprint density at radius 2 is 1.80 bits per heavy atom. The molecule has 118 valence electrons. The normalized spacial score (nSPS) is 37.5. The average Bonchev–Trinajstić information content (AvgIpc) is 2.40. The number of piperazine rings is 1. The van der Waals surface area contributed by atoms with Crippen LogP contribution in [-0.4, -0.2) is 54.6 Å². The Morgan fingerprint density at radius 3 is 2.30 bits per heavy atom. The van der Waals surface area contributed by atoms with E-state index in [0.717, 1.165) is 24.3 Å². The van der Waals surface area contributed by atoms with Crippen LogP contribution in [-0.2, 0) is 0 Å². The summed E-state index contributed by atoms with van der Waals surface area (Å²) in [6, 6.07) is 0. The standard InChI is InChI=1S/C17H35N3/c1-14(2)12-19-7-9-20(10-8-19)17(13-18)6-5-15(3)11-16(17)4/h14-16H,5-13,18H2,1-4H3. The van der Waals surface area contributed by atoms with Gasteiger partial charge in [-0.3, -0.25) is 4.90 Å². The van der Waals surface area contributed by atoms with Gasteiger partial charge in [0.1, 0.15) is 0 Å². The molecule has 3 unspecified atom stereocenters. The van der Waals surface area contributed by atoms with Crippen LogP contribution >= 0.6 is 0 Å². The van der Waals surface area contributed by atoms with Gasteiger partial charge in [-0.1, -0.05) is 27.7 Å². The molecular weight excluding hydrogens is 246 g/mol. The van der Waals surface area contributed by atoms with Crippen molar-refractivity contribution in [3.63, 3.8) is 0 Å². The third-order valence-electron chi connectivity index (χ3n) is 5.72. The molecular formula is C17H35N3. The fourth-order valence-corrected chi connectivity index (χ4v) is 4.48. The second-order valence-electron chi connectivity index (χ2n) is 7.77. The summed E-state index contributed by atoms with van der Waals surface area (Å²) in [7, 11) is 0. The number of hydrogen-bond donors (Lipinski definition) is 1. The van der Waals surface area contributed by atoms with Gasteiger partial charge in [0.15, 0.2) is 0 Å². The molecule has 1 saturated heterocycles. The first-order valence-corrected chi connectivity index (χ1v) is 8.65. The topological polar surface area (TPSA) is 32.5 Å². The van der Waals surface area contributed by atoms with E-state index in [0.29, 0.717) is 0 Å². The van der Waals surface area contributed by atoms with Crippen molar-refractivity contribution in [1.82, 2.24) is 9.80 Å². The molecule has 0 amide bonds. The Hall–Kier alpha value is -0.120. The zero-order valence-electron chi connectivity index (χ0n) is 14.1. The molecule has 0 aromatic rings. The van der Waals surface area contributed by atoms with Gasteiger partial charge in [-0.15, -0.1) is 0 Å². The number of rotatable bonds is 4. The second kappa shape index (κ2) is 6.76. The molecule has 3 nitrogen and oxygen atoms in total. The lowest BCUT2D eigenvalue weighted by Crippen LogP contribution is -2.64. The molecule has 2 aliphatic rings. The van der Waals surface area contributed by atoms with Gasteiger partial charge in [0.05, 0.1) is 0 Å². The van der Waals surface area contributed by atoms with E-state index < -0.39 is 0 Å². The number of nitrogens with zero attached hydrogens (tertiary/aromatic N) is 2. The minimum atomic E-state index is 0.288. The van der Waals surface area contributed by atoms with Crippen LogP contribution in [0.25, 0.3) is 0 Å². The van der Waals surface area contributed by atoms with Gasteiger partial charge in [0.2, 0.25) is 0 Å². The fourth-order valence-electron chi connectivity index (χ4n) is 4.48. The highest BCUT2D eigenvalue weighted by atomic mass is 15.3. The first-order valence-electron chi connectivity index (χ1n) is 8.65.